The van der Waals surface area contributed by atoms with Gasteiger partial charge in [-0.25, -0.2) is 0 Å². The molecule has 0 spiro atoms. The molecular weight excluding hydrogens is 186 g/mol. The van der Waals surface area contributed by atoms with E-state index >= 15 is 0 Å². The van der Waals surface area contributed by atoms with Gasteiger partial charge in [0.25, 0.3) is 0 Å². The first-order valence-electron chi connectivity index (χ1n) is 6.08. The zero-order valence-electron chi connectivity index (χ0n) is 9.54. The standard InChI is InChI=1S/C13H21NO/c1-10-8-12(9-15-10)13(14)11-6-4-2-3-5-7-11/h8-9,11,13H,2-7,14H2,1H3. The minimum Gasteiger partial charge on any atom is -0.469 e. The predicted octanol–water partition coefficient (Wildman–Crippen LogP) is 3.56. The Labute approximate surface area is 91.8 Å². The van der Waals surface area contributed by atoms with Crippen molar-refractivity contribution in [2.75, 3.05) is 0 Å². The summed E-state index contributed by atoms with van der Waals surface area (Å²) in [6.07, 6.45) is 9.84. The van der Waals surface area contributed by atoms with E-state index in [1.54, 1.807) is 0 Å². The third-order valence-corrected chi connectivity index (χ3v) is 3.54. The van der Waals surface area contributed by atoms with Crippen molar-refractivity contribution in [3.63, 3.8) is 0 Å². The molecule has 0 amide bonds. The van der Waals surface area contributed by atoms with Crippen molar-refractivity contribution in [1.29, 1.82) is 0 Å². The Bertz CT molecular complexity index is 297. The highest BCUT2D eigenvalue weighted by Crippen LogP contribution is 2.32. The van der Waals surface area contributed by atoms with Gasteiger partial charge in [-0.3, -0.25) is 0 Å². The molecule has 0 bridgehead atoms. The van der Waals surface area contributed by atoms with Crippen molar-refractivity contribution in [3.05, 3.63) is 23.7 Å². The zero-order valence-corrected chi connectivity index (χ0v) is 9.54. The van der Waals surface area contributed by atoms with Crippen molar-refractivity contribution in [3.8, 4) is 0 Å². The summed E-state index contributed by atoms with van der Waals surface area (Å²) in [6, 6.07) is 2.26. The second kappa shape index (κ2) is 4.84. The van der Waals surface area contributed by atoms with Crippen LogP contribution in [0.2, 0.25) is 0 Å². The molecule has 0 saturated heterocycles. The van der Waals surface area contributed by atoms with E-state index < -0.39 is 0 Å². The Kier molecular flexibility index (Phi) is 3.47. The van der Waals surface area contributed by atoms with Crippen molar-refractivity contribution in [1.82, 2.24) is 0 Å². The van der Waals surface area contributed by atoms with E-state index in [-0.39, 0.29) is 6.04 Å². The second-order valence-corrected chi connectivity index (χ2v) is 4.77. The lowest BCUT2D eigenvalue weighted by Gasteiger charge is -2.20. The first-order chi connectivity index (χ1) is 7.27. The van der Waals surface area contributed by atoms with Crippen molar-refractivity contribution in [2.24, 2.45) is 11.7 Å². The molecule has 1 unspecified atom stereocenters. The number of rotatable bonds is 2. The van der Waals surface area contributed by atoms with Gasteiger partial charge in [-0.15, -0.1) is 0 Å². The number of hydrogen-bond donors (Lipinski definition) is 1. The van der Waals surface area contributed by atoms with Crippen LogP contribution in [0.4, 0.5) is 0 Å². The molecule has 2 heteroatoms. The molecule has 0 aliphatic heterocycles. The van der Waals surface area contributed by atoms with Gasteiger partial charge in [0.1, 0.15) is 5.76 Å². The molecule has 1 aliphatic carbocycles. The van der Waals surface area contributed by atoms with E-state index in [1.807, 2.05) is 13.2 Å². The van der Waals surface area contributed by atoms with Crippen LogP contribution in [0.5, 0.6) is 0 Å². The molecule has 2 rings (SSSR count). The molecule has 2 nitrogen and oxygen atoms in total. The maximum absolute atomic E-state index is 6.29. The van der Waals surface area contributed by atoms with E-state index in [4.69, 9.17) is 10.2 Å². The molecule has 1 heterocycles. The van der Waals surface area contributed by atoms with Crippen LogP contribution in [-0.2, 0) is 0 Å². The average Bonchev–Trinajstić information content (AvgIpc) is 2.53. The van der Waals surface area contributed by atoms with Crippen molar-refractivity contribution >= 4 is 0 Å². The topological polar surface area (TPSA) is 39.2 Å². The maximum Gasteiger partial charge on any atom is 0.101 e. The third kappa shape index (κ3) is 2.63. The summed E-state index contributed by atoms with van der Waals surface area (Å²) in [4.78, 5) is 0. The Morgan fingerprint density at radius 3 is 2.47 bits per heavy atom. The monoisotopic (exact) mass is 207 g/mol. The predicted molar refractivity (Wildman–Crippen MR) is 61.6 cm³/mol. The minimum atomic E-state index is 0.181. The first-order valence-corrected chi connectivity index (χ1v) is 6.08. The highest BCUT2D eigenvalue weighted by atomic mass is 16.3. The summed E-state index contributed by atoms with van der Waals surface area (Å²) in [6.45, 7) is 1.98. The van der Waals surface area contributed by atoms with Gasteiger partial charge in [0.05, 0.1) is 6.26 Å². The van der Waals surface area contributed by atoms with Gasteiger partial charge >= 0.3 is 0 Å². The van der Waals surface area contributed by atoms with Crippen LogP contribution in [0.1, 0.15) is 55.9 Å². The largest absolute Gasteiger partial charge is 0.469 e. The van der Waals surface area contributed by atoms with Gasteiger partial charge in [0.2, 0.25) is 0 Å². The van der Waals surface area contributed by atoms with Crippen LogP contribution in [0, 0.1) is 12.8 Å². The van der Waals surface area contributed by atoms with E-state index in [0.717, 1.165) is 5.76 Å². The van der Waals surface area contributed by atoms with Crippen LogP contribution in [0.15, 0.2) is 16.7 Å². The van der Waals surface area contributed by atoms with E-state index in [1.165, 1.54) is 44.1 Å². The maximum atomic E-state index is 6.29. The van der Waals surface area contributed by atoms with Crippen LogP contribution < -0.4 is 5.73 Å². The third-order valence-electron chi connectivity index (χ3n) is 3.54. The van der Waals surface area contributed by atoms with E-state index in [2.05, 4.69) is 6.07 Å². The normalized spacial score (nSPS) is 21.2. The number of furan rings is 1. The van der Waals surface area contributed by atoms with E-state index in [9.17, 15) is 0 Å². The molecule has 0 aromatic carbocycles. The molecular formula is C13H21NO. The summed E-state index contributed by atoms with van der Waals surface area (Å²) < 4.78 is 5.33. The second-order valence-electron chi connectivity index (χ2n) is 4.77. The SMILES string of the molecule is Cc1cc(C(N)C2CCCCCC2)co1. The van der Waals surface area contributed by atoms with E-state index in [0.29, 0.717) is 5.92 Å². The molecule has 1 aromatic heterocycles. The van der Waals surface area contributed by atoms with Gasteiger partial charge in [-0.1, -0.05) is 25.7 Å². The van der Waals surface area contributed by atoms with Crippen molar-refractivity contribution in [2.45, 2.75) is 51.5 Å². The van der Waals surface area contributed by atoms with Crippen LogP contribution >= 0.6 is 0 Å². The molecule has 2 N–H and O–H groups in total. The number of hydrogen-bond acceptors (Lipinski definition) is 2. The highest BCUT2D eigenvalue weighted by molar-refractivity contribution is 5.16. The van der Waals surface area contributed by atoms with Gasteiger partial charge in [-0.2, -0.15) is 0 Å². The number of nitrogens with two attached hydrogens (primary N) is 1. The van der Waals surface area contributed by atoms with Crippen LogP contribution in [0.25, 0.3) is 0 Å². The van der Waals surface area contributed by atoms with Gasteiger partial charge < -0.3 is 10.2 Å². The molecule has 0 radical (unpaired) electrons. The first kappa shape index (κ1) is 10.7. The van der Waals surface area contributed by atoms with Gasteiger partial charge in [0, 0.05) is 11.6 Å². The van der Waals surface area contributed by atoms with Gasteiger partial charge in [-0.05, 0) is 31.7 Å². The quantitative estimate of drug-likeness (QED) is 0.753. The molecule has 1 saturated carbocycles. The lowest BCUT2D eigenvalue weighted by Crippen LogP contribution is -2.20. The molecule has 15 heavy (non-hydrogen) atoms. The smallest absolute Gasteiger partial charge is 0.101 e. The molecule has 84 valence electrons. The number of aryl methyl sites for hydroxylation is 1. The Morgan fingerprint density at radius 2 is 1.93 bits per heavy atom. The molecule has 1 aliphatic rings. The molecule has 1 atom stereocenters. The Balaban J connectivity index is 2.02. The highest BCUT2D eigenvalue weighted by Gasteiger charge is 2.21. The van der Waals surface area contributed by atoms with Gasteiger partial charge in [0.15, 0.2) is 0 Å². The summed E-state index contributed by atoms with van der Waals surface area (Å²) in [5, 5.41) is 0. The summed E-state index contributed by atoms with van der Waals surface area (Å²) in [5.41, 5.74) is 7.47. The lowest BCUT2D eigenvalue weighted by molar-refractivity contribution is 0.380. The van der Waals surface area contributed by atoms with Crippen LogP contribution in [0.3, 0.4) is 0 Å². The summed E-state index contributed by atoms with van der Waals surface area (Å²) >= 11 is 0. The average molecular weight is 207 g/mol. The fourth-order valence-electron chi connectivity index (χ4n) is 2.58. The minimum absolute atomic E-state index is 0.181. The molecule has 1 fully saturated rings. The lowest BCUT2D eigenvalue weighted by atomic mass is 9.89. The fraction of sp³-hybridized carbons (Fsp3) is 0.692. The Hall–Kier alpha value is -0.760. The zero-order chi connectivity index (χ0) is 10.7. The van der Waals surface area contributed by atoms with Crippen molar-refractivity contribution < 1.29 is 4.42 Å². The fourth-order valence-corrected chi connectivity index (χ4v) is 2.58. The molecule has 1 aromatic rings. The Morgan fingerprint density at radius 1 is 1.27 bits per heavy atom. The van der Waals surface area contributed by atoms with Crippen LogP contribution in [-0.4, -0.2) is 0 Å². The summed E-state index contributed by atoms with van der Waals surface area (Å²) in [5.74, 6) is 1.62. The summed E-state index contributed by atoms with van der Waals surface area (Å²) in [7, 11) is 0.